The average molecular weight is 366 g/mol. The van der Waals surface area contributed by atoms with Gasteiger partial charge in [0.2, 0.25) is 0 Å². The summed E-state index contributed by atoms with van der Waals surface area (Å²) in [5.41, 5.74) is 4.00. The molecule has 3 aromatic rings. The lowest BCUT2D eigenvalue weighted by Crippen LogP contribution is -2.08. The van der Waals surface area contributed by atoms with Crippen molar-refractivity contribution in [2.75, 3.05) is 0 Å². The van der Waals surface area contributed by atoms with E-state index < -0.39 is 11.7 Å². The fourth-order valence-electron chi connectivity index (χ4n) is 2.94. The zero-order valence-corrected chi connectivity index (χ0v) is 15.1. The fraction of sp³-hybridized carbons (Fsp3) is 0.182. The van der Waals surface area contributed by atoms with Crippen molar-refractivity contribution in [3.05, 3.63) is 76.5 Å². The van der Waals surface area contributed by atoms with Crippen LogP contribution in [0.15, 0.2) is 48.7 Å². The lowest BCUT2D eigenvalue weighted by molar-refractivity contribution is -0.137. The number of hydrogen-bond donors (Lipinski definition) is 0. The highest BCUT2D eigenvalue weighted by Crippen LogP contribution is 2.39. The highest BCUT2D eigenvalue weighted by molar-refractivity contribution is 5.77. The Hall–Kier alpha value is -3.13. The third kappa shape index (κ3) is 3.70. The molecular weight excluding hydrogens is 349 g/mol. The molecule has 0 saturated carbocycles. The number of nitriles is 1. The van der Waals surface area contributed by atoms with Crippen molar-refractivity contribution >= 4 is 0 Å². The van der Waals surface area contributed by atoms with E-state index in [0.717, 1.165) is 28.3 Å². The van der Waals surface area contributed by atoms with Gasteiger partial charge in [-0.1, -0.05) is 18.2 Å². The monoisotopic (exact) mass is 366 g/mol. The zero-order chi connectivity index (χ0) is 19.8. The van der Waals surface area contributed by atoms with Crippen LogP contribution in [-0.2, 0) is 6.18 Å². The van der Waals surface area contributed by atoms with Gasteiger partial charge in [0, 0.05) is 11.8 Å². The largest absolute Gasteiger partial charge is 0.417 e. The highest BCUT2D eigenvalue weighted by atomic mass is 19.4. The topological polar surface area (TPSA) is 36.7 Å². The van der Waals surface area contributed by atoms with Gasteiger partial charge in [-0.15, -0.1) is 0 Å². The first-order valence-electron chi connectivity index (χ1n) is 8.36. The maximum absolute atomic E-state index is 13.6. The van der Waals surface area contributed by atoms with Crippen molar-refractivity contribution < 1.29 is 13.2 Å². The minimum atomic E-state index is -4.55. The number of rotatable bonds is 2. The van der Waals surface area contributed by atoms with Crippen LogP contribution in [0, 0.1) is 32.1 Å². The molecule has 0 aliphatic carbocycles. The third-order valence-corrected chi connectivity index (χ3v) is 4.65. The molecule has 1 aromatic heterocycles. The minimum Gasteiger partial charge on any atom is -0.256 e. The number of nitrogens with zero attached hydrogens (tertiary/aromatic N) is 2. The molecule has 0 spiro atoms. The summed E-state index contributed by atoms with van der Waals surface area (Å²) in [4.78, 5) is 4.41. The molecule has 0 aliphatic rings. The van der Waals surface area contributed by atoms with Gasteiger partial charge >= 0.3 is 6.18 Å². The van der Waals surface area contributed by atoms with Crippen molar-refractivity contribution in [3.8, 4) is 28.5 Å². The van der Waals surface area contributed by atoms with Crippen molar-refractivity contribution in [1.82, 2.24) is 4.98 Å². The smallest absolute Gasteiger partial charge is 0.256 e. The van der Waals surface area contributed by atoms with E-state index in [-0.39, 0.29) is 11.1 Å². The van der Waals surface area contributed by atoms with Crippen LogP contribution in [0.3, 0.4) is 0 Å². The van der Waals surface area contributed by atoms with Crippen molar-refractivity contribution in [1.29, 1.82) is 5.26 Å². The van der Waals surface area contributed by atoms with Gasteiger partial charge in [-0.2, -0.15) is 18.4 Å². The summed E-state index contributed by atoms with van der Waals surface area (Å²) in [5.74, 6) is 0. The van der Waals surface area contributed by atoms with E-state index in [1.165, 1.54) is 12.1 Å². The number of benzene rings is 2. The third-order valence-electron chi connectivity index (χ3n) is 4.65. The SMILES string of the molecule is Cc1cnc(-c2ccc(C)c(-c3ccc(C#N)cc3C(F)(F)F)c2)cc1C. The maximum atomic E-state index is 13.6. The second-order valence-electron chi connectivity index (χ2n) is 6.55. The van der Waals surface area contributed by atoms with Gasteiger partial charge in [0.05, 0.1) is 22.9 Å². The number of pyridine rings is 1. The fourth-order valence-corrected chi connectivity index (χ4v) is 2.94. The Balaban J connectivity index is 2.21. The number of halogens is 3. The van der Waals surface area contributed by atoms with Gasteiger partial charge in [0.1, 0.15) is 0 Å². The number of hydrogen-bond acceptors (Lipinski definition) is 2. The van der Waals surface area contributed by atoms with Crippen LogP contribution in [0.4, 0.5) is 13.2 Å². The molecule has 0 unspecified atom stereocenters. The molecule has 136 valence electrons. The molecule has 1 heterocycles. The van der Waals surface area contributed by atoms with Gasteiger partial charge < -0.3 is 0 Å². The Kier molecular flexibility index (Phi) is 4.75. The standard InChI is InChI=1S/C22H17F3N2/c1-13-4-6-17(21-8-14(2)15(3)12-27-21)10-19(13)18-7-5-16(11-26)9-20(18)22(23,24)25/h4-10,12H,1-3H3. The maximum Gasteiger partial charge on any atom is 0.417 e. The molecule has 0 bridgehead atoms. The summed E-state index contributed by atoms with van der Waals surface area (Å²) in [5, 5.41) is 8.96. The molecule has 0 fully saturated rings. The molecule has 0 saturated heterocycles. The Bertz CT molecular complexity index is 1060. The summed E-state index contributed by atoms with van der Waals surface area (Å²) in [7, 11) is 0. The van der Waals surface area contributed by atoms with E-state index in [0.29, 0.717) is 11.3 Å². The molecular formula is C22H17F3N2. The molecule has 27 heavy (non-hydrogen) atoms. The molecule has 0 atom stereocenters. The Morgan fingerprint density at radius 2 is 1.59 bits per heavy atom. The van der Waals surface area contributed by atoms with E-state index in [1.807, 2.05) is 26.0 Å². The van der Waals surface area contributed by atoms with Gasteiger partial charge in [0.25, 0.3) is 0 Å². The number of aryl methyl sites for hydroxylation is 3. The van der Waals surface area contributed by atoms with Crippen LogP contribution >= 0.6 is 0 Å². The average Bonchev–Trinajstić information content (AvgIpc) is 2.63. The lowest BCUT2D eigenvalue weighted by atomic mass is 9.92. The number of alkyl halides is 3. The van der Waals surface area contributed by atoms with E-state index in [9.17, 15) is 13.2 Å². The first kappa shape index (κ1) is 18.7. The number of aromatic nitrogens is 1. The summed E-state index contributed by atoms with van der Waals surface area (Å²) in [6.45, 7) is 5.70. The summed E-state index contributed by atoms with van der Waals surface area (Å²) in [6, 6.07) is 12.7. The molecule has 0 N–H and O–H groups in total. The molecule has 0 radical (unpaired) electrons. The van der Waals surface area contributed by atoms with Crippen molar-refractivity contribution in [3.63, 3.8) is 0 Å². The molecule has 3 rings (SSSR count). The van der Waals surface area contributed by atoms with Crippen LogP contribution in [0.2, 0.25) is 0 Å². The summed E-state index contributed by atoms with van der Waals surface area (Å²) < 4.78 is 40.7. The van der Waals surface area contributed by atoms with Crippen LogP contribution < -0.4 is 0 Å². The molecule has 2 aromatic carbocycles. The van der Waals surface area contributed by atoms with Gasteiger partial charge in [-0.25, -0.2) is 0 Å². The van der Waals surface area contributed by atoms with Crippen LogP contribution in [0.1, 0.15) is 27.8 Å². The van der Waals surface area contributed by atoms with Gasteiger partial charge in [-0.05, 0) is 72.9 Å². The molecule has 2 nitrogen and oxygen atoms in total. The second-order valence-corrected chi connectivity index (χ2v) is 6.55. The first-order chi connectivity index (χ1) is 12.7. The molecule has 0 aliphatic heterocycles. The first-order valence-corrected chi connectivity index (χ1v) is 8.36. The Morgan fingerprint density at radius 1 is 0.852 bits per heavy atom. The van der Waals surface area contributed by atoms with Crippen molar-refractivity contribution in [2.24, 2.45) is 0 Å². The van der Waals surface area contributed by atoms with E-state index in [2.05, 4.69) is 4.98 Å². The van der Waals surface area contributed by atoms with E-state index in [1.54, 1.807) is 31.3 Å². The van der Waals surface area contributed by atoms with Crippen LogP contribution in [0.5, 0.6) is 0 Å². The lowest BCUT2D eigenvalue weighted by Gasteiger charge is -2.16. The minimum absolute atomic E-state index is 0.0179. The Morgan fingerprint density at radius 3 is 2.22 bits per heavy atom. The highest BCUT2D eigenvalue weighted by Gasteiger charge is 2.34. The second kappa shape index (κ2) is 6.88. The molecule has 0 amide bonds. The van der Waals surface area contributed by atoms with Gasteiger partial charge in [-0.3, -0.25) is 4.98 Å². The predicted molar refractivity (Wildman–Crippen MR) is 99.0 cm³/mol. The zero-order valence-electron chi connectivity index (χ0n) is 15.1. The molecule has 5 heteroatoms. The quantitative estimate of drug-likeness (QED) is 0.539. The Labute approximate surface area is 155 Å². The van der Waals surface area contributed by atoms with Gasteiger partial charge in [0.15, 0.2) is 0 Å². The normalized spacial score (nSPS) is 11.3. The van der Waals surface area contributed by atoms with Crippen LogP contribution in [0.25, 0.3) is 22.4 Å². The predicted octanol–water partition coefficient (Wildman–Crippen LogP) is 6.23. The summed E-state index contributed by atoms with van der Waals surface area (Å²) in [6.07, 6.45) is -2.80. The van der Waals surface area contributed by atoms with Crippen molar-refractivity contribution in [2.45, 2.75) is 26.9 Å². The van der Waals surface area contributed by atoms with Crippen LogP contribution in [-0.4, -0.2) is 4.98 Å². The van der Waals surface area contributed by atoms with E-state index in [4.69, 9.17) is 5.26 Å². The van der Waals surface area contributed by atoms with E-state index >= 15 is 0 Å². The summed E-state index contributed by atoms with van der Waals surface area (Å²) >= 11 is 0.